The summed E-state index contributed by atoms with van der Waals surface area (Å²) >= 11 is 1.47. The van der Waals surface area contributed by atoms with Gasteiger partial charge in [-0.05, 0) is 37.1 Å². The minimum atomic E-state index is 0.000800. The molecule has 5 nitrogen and oxygen atoms in total. The lowest BCUT2D eigenvalue weighted by atomic mass is 10.1. The quantitative estimate of drug-likeness (QED) is 0.652. The number of aromatic nitrogens is 2. The molecule has 0 aliphatic rings. The number of allylic oxidation sites excluding steroid dienone is 1. The van der Waals surface area contributed by atoms with Gasteiger partial charge in [0.25, 0.3) is 0 Å². The minimum absolute atomic E-state index is 0.000800. The summed E-state index contributed by atoms with van der Waals surface area (Å²) in [5.41, 5.74) is 4.05. The van der Waals surface area contributed by atoms with Crippen LogP contribution < -0.4 is 10.2 Å². The normalized spacial score (nSPS) is 11.3. The Balaban J connectivity index is 1.69. The van der Waals surface area contributed by atoms with Gasteiger partial charge in [-0.2, -0.15) is 0 Å². The Labute approximate surface area is 163 Å². The highest BCUT2D eigenvalue weighted by molar-refractivity contribution is 7.14. The summed E-state index contributed by atoms with van der Waals surface area (Å²) in [6.45, 7) is 6.09. The molecule has 2 aromatic heterocycles. The molecule has 0 aliphatic heterocycles. The third-order valence-corrected chi connectivity index (χ3v) is 4.99. The standard InChI is InChI=1S/C21H22N4OS/c1-4-25(16(3)26)21-24-19(14-27-21)15(2)12-22-20-11-10-18(13-23-20)17-8-6-5-7-9-17/h5-14H,4H2,1-3H3,(H,22,23)/b15-12+. The topological polar surface area (TPSA) is 58.1 Å². The Morgan fingerprint density at radius 3 is 2.56 bits per heavy atom. The van der Waals surface area contributed by atoms with Crippen LogP contribution in [0.15, 0.2) is 60.2 Å². The fraction of sp³-hybridized carbons (Fsp3) is 0.190. The maximum Gasteiger partial charge on any atom is 0.225 e. The van der Waals surface area contributed by atoms with Crippen LogP contribution in [-0.4, -0.2) is 22.4 Å². The number of amides is 1. The zero-order valence-electron chi connectivity index (χ0n) is 15.6. The van der Waals surface area contributed by atoms with Gasteiger partial charge in [-0.25, -0.2) is 9.97 Å². The van der Waals surface area contributed by atoms with Gasteiger partial charge in [-0.15, -0.1) is 11.3 Å². The predicted molar refractivity (Wildman–Crippen MR) is 113 cm³/mol. The molecule has 138 valence electrons. The van der Waals surface area contributed by atoms with E-state index in [0.29, 0.717) is 6.54 Å². The highest BCUT2D eigenvalue weighted by atomic mass is 32.1. The van der Waals surface area contributed by atoms with Gasteiger partial charge in [0.1, 0.15) is 5.82 Å². The molecule has 0 bridgehead atoms. The number of hydrogen-bond donors (Lipinski definition) is 1. The summed E-state index contributed by atoms with van der Waals surface area (Å²) in [5, 5.41) is 5.89. The zero-order chi connectivity index (χ0) is 19.2. The molecule has 0 atom stereocenters. The number of benzene rings is 1. The molecule has 3 rings (SSSR count). The molecular formula is C21H22N4OS. The number of hydrogen-bond acceptors (Lipinski definition) is 5. The van der Waals surface area contributed by atoms with Crippen LogP contribution >= 0.6 is 11.3 Å². The number of pyridine rings is 1. The van der Waals surface area contributed by atoms with Crippen molar-refractivity contribution in [2.45, 2.75) is 20.8 Å². The number of nitrogens with one attached hydrogen (secondary N) is 1. The van der Waals surface area contributed by atoms with Crippen molar-refractivity contribution in [1.29, 1.82) is 0 Å². The van der Waals surface area contributed by atoms with Crippen molar-refractivity contribution in [3.05, 3.63) is 65.9 Å². The van der Waals surface area contributed by atoms with E-state index in [0.717, 1.165) is 33.3 Å². The van der Waals surface area contributed by atoms with Gasteiger partial charge in [0.2, 0.25) is 5.91 Å². The van der Waals surface area contributed by atoms with Crippen LogP contribution in [0.25, 0.3) is 16.7 Å². The number of rotatable bonds is 6. The lowest BCUT2D eigenvalue weighted by Gasteiger charge is -2.14. The van der Waals surface area contributed by atoms with Gasteiger partial charge in [-0.1, -0.05) is 30.3 Å². The first kappa shape index (κ1) is 18.8. The molecule has 0 unspecified atom stereocenters. The van der Waals surface area contributed by atoms with E-state index in [9.17, 15) is 4.79 Å². The van der Waals surface area contributed by atoms with Crippen molar-refractivity contribution in [3.63, 3.8) is 0 Å². The van der Waals surface area contributed by atoms with Gasteiger partial charge in [0, 0.05) is 36.8 Å². The predicted octanol–water partition coefficient (Wildman–Crippen LogP) is 5.05. The van der Waals surface area contributed by atoms with E-state index in [4.69, 9.17) is 0 Å². The molecule has 2 heterocycles. The Morgan fingerprint density at radius 1 is 1.15 bits per heavy atom. The molecule has 0 radical (unpaired) electrons. The molecular weight excluding hydrogens is 356 g/mol. The van der Waals surface area contributed by atoms with Crippen molar-refractivity contribution in [3.8, 4) is 11.1 Å². The summed E-state index contributed by atoms with van der Waals surface area (Å²) in [7, 11) is 0. The number of nitrogens with zero attached hydrogens (tertiary/aromatic N) is 3. The van der Waals surface area contributed by atoms with Gasteiger partial charge >= 0.3 is 0 Å². The molecule has 3 aromatic rings. The van der Waals surface area contributed by atoms with Crippen molar-refractivity contribution >= 4 is 33.8 Å². The molecule has 1 N–H and O–H groups in total. The minimum Gasteiger partial charge on any atom is -0.346 e. The SMILES string of the molecule is CCN(C(C)=O)c1nc(/C(C)=C/Nc2ccc(-c3ccccc3)cn2)cs1. The van der Waals surface area contributed by atoms with E-state index >= 15 is 0 Å². The van der Waals surface area contributed by atoms with E-state index in [2.05, 4.69) is 27.4 Å². The molecule has 6 heteroatoms. The van der Waals surface area contributed by atoms with Gasteiger partial charge in [-0.3, -0.25) is 9.69 Å². The van der Waals surface area contributed by atoms with E-state index < -0.39 is 0 Å². The van der Waals surface area contributed by atoms with Gasteiger partial charge in [0.05, 0.1) is 5.69 Å². The number of thiazole rings is 1. The summed E-state index contributed by atoms with van der Waals surface area (Å²) in [5.74, 6) is 0.768. The monoisotopic (exact) mass is 378 g/mol. The third-order valence-electron chi connectivity index (χ3n) is 4.13. The summed E-state index contributed by atoms with van der Waals surface area (Å²) in [6.07, 6.45) is 3.74. The van der Waals surface area contributed by atoms with Crippen LogP contribution in [0.5, 0.6) is 0 Å². The largest absolute Gasteiger partial charge is 0.346 e. The van der Waals surface area contributed by atoms with Crippen LogP contribution in [0.4, 0.5) is 10.9 Å². The Hall–Kier alpha value is -2.99. The molecule has 0 saturated heterocycles. The van der Waals surface area contributed by atoms with Crippen molar-refractivity contribution in [2.75, 3.05) is 16.8 Å². The molecule has 0 saturated carbocycles. The van der Waals surface area contributed by atoms with Gasteiger partial charge < -0.3 is 5.32 Å². The van der Waals surface area contributed by atoms with Crippen molar-refractivity contribution < 1.29 is 4.79 Å². The number of carbonyl (C=O) groups excluding carboxylic acids is 1. The lowest BCUT2D eigenvalue weighted by molar-refractivity contribution is -0.116. The summed E-state index contributed by atoms with van der Waals surface area (Å²) in [6, 6.07) is 14.2. The molecule has 0 spiro atoms. The second-order valence-electron chi connectivity index (χ2n) is 6.05. The maximum atomic E-state index is 11.7. The maximum absolute atomic E-state index is 11.7. The van der Waals surface area contributed by atoms with E-state index in [1.807, 2.05) is 62.0 Å². The Morgan fingerprint density at radius 2 is 1.93 bits per heavy atom. The summed E-state index contributed by atoms with van der Waals surface area (Å²) < 4.78 is 0. The van der Waals surface area contributed by atoms with Crippen LogP contribution in [-0.2, 0) is 4.79 Å². The Kier molecular flexibility index (Phi) is 5.98. The average molecular weight is 379 g/mol. The smallest absolute Gasteiger partial charge is 0.225 e. The fourth-order valence-corrected chi connectivity index (χ4v) is 3.59. The fourth-order valence-electron chi connectivity index (χ4n) is 2.60. The van der Waals surface area contributed by atoms with Gasteiger partial charge in [0.15, 0.2) is 5.13 Å². The molecule has 27 heavy (non-hydrogen) atoms. The molecule has 0 aliphatic carbocycles. The first-order valence-corrected chi connectivity index (χ1v) is 9.65. The number of anilines is 2. The third kappa shape index (κ3) is 4.60. The van der Waals surface area contributed by atoms with Crippen LogP contribution in [0.3, 0.4) is 0 Å². The van der Waals surface area contributed by atoms with E-state index in [1.54, 1.807) is 11.8 Å². The van der Waals surface area contributed by atoms with E-state index in [-0.39, 0.29) is 5.91 Å². The average Bonchev–Trinajstić information content (AvgIpc) is 3.17. The first-order chi connectivity index (χ1) is 13.1. The summed E-state index contributed by atoms with van der Waals surface area (Å²) in [4.78, 5) is 22.3. The lowest BCUT2D eigenvalue weighted by Crippen LogP contribution is -2.27. The zero-order valence-corrected chi connectivity index (χ0v) is 16.5. The second kappa shape index (κ2) is 8.60. The first-order valence-electron chi connectivity index (χ1n) is 8.77. The highest BCUT2D eigenvalue weighted by Gasteiger charge is 2.13. The van der Waals surface area contributed by atoms with Crippen molar-refractivity contribution in [2.24, 2.45) is 0 Å². The Bertz CT molecular complexity index is 932. The van der Waals surface area contributed by atoms with Crippen molar-refractivity contribution in [1.82, 2.24) is 9.97 Å². The van der Waals surface area contributed by atoms with Crippen LogP contribution in [0.1, 0.15) is 26.5 Å². The molecule has 1 amide bonds. The second-order valence-corrected chi connectivity index (χ2v) is 6.88. The van der Waals surface area contributed by atoms with E-state index in [1.165, 1.54) is 11.3 Å². The van der Waals surface area contributed by atoms with Crippen LogP contribution in [0, 0.1) is 0 Å². The number of carbonyl (C=O) groups is 1. The molecule has 1 aromatic carbocycles. The highest BCUT2D eigenvalue weighted by Crippen LogP contribution is 2.25. The van der Waals surface area contributed by atoms with Crippen LogP contribution in [0.2, 0.25) is 0 Å². The molecule has 0 fully saturated rings.